The average molecular weight is 254 g/mol. The number of rotatable bonds is 5. The van der Waals surface area contributed by atoms with E-state index in [1.807, 2.05) is 0 Å². The highest BCUT2D eigenvalue weighted by Crippen LogP contribution is 2.35. The van der Waals surface area contributed by atoms with Crippen LogP contribution < -0.4 is 22.1 Å². The maximum atomic E-state index is 11.5. The lowest BCUT2D eigenvalue weighted by Gasteiger charge is -2.01. The van der Waals surface area contributed by atoms with Gasteiger partial charge in [0, 0.05) is 13.6 Å². The number of nitrogens with one attached hydrogen (secondary N) is 2. The van der Waals surface area contributed by atoms with E-state index in [4.69, 9.17) is 11.5 Å². The van der Waals surface area contributed by atoms with Crippen LogP contribution in [0.1, 0.15) is 20.0 Å². The molecule has 0 saturated carbocycles. The van der Waals surface area contributed by atoms with Gasteiger partial charge in [-0.25, -0.2) is 0 Å². The Balaban J connectivity index is 3.24. The molecule has 0 unspecified atom stereocenters. The molecule has 6 nitrogen and oxygen atoms in total. The first kappa shape index (κ1) is 13.0. The van der Waals surface area contributed by atoms with Crippen molar-refractivity contribution in [2.45, 2.75) is 0 Å². The largest absolute Gasteiger partial charge is 0.397 e. The van der Waals surface area contributed by atoms with Crippen molar-refractivity contribution < 1.29 is 9.59 Å². The van der Waals surface area contributed by atoms with E-state index in [1.165, 1.54) is 7.05 Å². The van der Waals surface area contributed by atoms with Gasteiger partial charge in [-0.3, -0.25) is 9.59 Å². The van der Waals surface area contributed by atoms with Crippen LogP contribution in [-0.4, -0.2) is 25.4 Å². The molecule has 0 radical (unpaired) electrons. The SMILES string of the molecule is C=CCNc1sc(C(=O)NC)c(N)c1C(N)=O. The molecule has 92 valence electrons. The number of hydrogen-bond donors (Lipinski definition) is 4. The third-order valence-electron chi connectivity index (χ3n) is 2.03. The Morgan fingerprint density at radius 2 is 2.18 bits per heavy atom. The fourth-order valence-electron chi connectivity index (χ4n) is 1.26. The van der Waals surface area contributed by atoms with Crippen LogP contribution in [0.2, 0.25) is 0 Å². The zero-order chi connectivity index (χ0) is 13.0. The second kappa shape index (κ2) is 5.35. The highest BCUT2D eigenvalue weighted by atomic mass is 32.1. The molecule has 1 heterocycles. The normalized spacial score (nSPS) is 9.71. The molecule has 0 spiro atoms. The lowest BCUT2D eigenvalue weighted by Crippen LogP contribution is -2.19. The lowest BCUT2D eigenvalue weighted by molar-refractivity contribution is 0.0967. The van der Waals surface area contributed by atoms with Gasteiger partial charge in [-0.1, -0.05) is 6.08 Å². The summed E-state index contributed by atoms with van der Waals surface area (Å²) in [4.78, 5) is 23.1. The summed E-state index contributed by atoms with van der Waals surface area (Å²) in [5.41, 5.74) is 11.2. The molecule has 0 aromatic carbocycles. The van der Waals surface area contributed by atoms with E-state index in [2.05, 4.69) is 17.2 Å². The number of hydrogen-bond acceptors (Lipinski definition) is 5. The molecule has 1 aromatic heterocycles. The van der Waals surface area contributed by atoms with E-state index in [0.29, 0.717) is 11.5 Å². The van der Waals surface area contributed by atoms with Crippen LogP contribution in [0.25, 0.3) is 0 Å². The van der Waals surface area contributed by atoms with Gasteiger partial charge in [-0.05, 0) is 0 Å². The van der Waals surface area contributed by atoms with Gasteiger partial charge in [-0.2, -0.15) is 0 Å². The van der Waals surface area contributed by atoms with E-state index in [9.17, 15) is 9.59 Å². The Bertz CT molecular complexity index is 467. The van der Waals surface area contributed by atoms with Gasteiger partial charge in [0.05, 0.1) is 11.3 Å². The van der Waals surface area contributed by atoms with Crippen LogP contribution in [0, 0.1) is 0 Å². The summed E-state index contributed by atoms with van der Waals surface area (Å²) in [6.45, 7) is 4.00. The minimum Gasteiger partial charge on any atom is -0.397 e. The summed E-state index contributed by atoms with van der Waals surface area (Å²) in [7, 11) is 1.49. The molecule has 0 aliphatic carbocycles. The zero-order valence-corrected chi connectivity index (χ0v) is 10.2. The van der Waals surface area contributed by atoms with E-state index in [-0.39, 0.29) is 22.0 Å². The fraction of sp³-hybridized carbons (Fsp3) is 0.200. The Kier molecular flexibility index (Phi) is 4.11. The summed E-state index contributed by atoms with van der Waals surface area (Å²) in [6, 6.07) is 0. The van der Waals surface area contributed by atoms with Crippen molar-refractivity contribution in [3.05, 3.63) is 23.1 Å². The summed E-state index contributed by atoms with van der Waals surface area (Å²) < 4.78 is 0. The molecule has 0 aliphatic heterocycles. The Labute approximate surface area is 103 Å². The number of primary amides is 1. The van der Waals surface area contributed by atoms with E-state index >= 15 is 0 Å². The number of carbonyl (C=O) groups is 2. The van der Waals surface area contributed by atoms with Crippen molar-refractivity contribution in [1.29, 1.82) is 0 Å². The first-order valence-corrected chi connectivity index (χ1v) is 5.63. The lowest BCUT2D eigenvalue weighted by atomic mass is 10.2. The monoisotopic (exact) mass is 254 g/mol. The predicted molar refractivity (Wildman–Crippen MR) is 69.3 cm³/mol. The van der Waals surface area contributed by atoms with E-state index in [1.54, 1.807) is 6.08 Å². The summed E-state index contributed by atoms with van der Waals surface area (Å²) in [5, 5.41) is 5.85. The Hall–Kier alpha value is -2.02. The van der Waals surface area contributed by atoms with Gasteiger partial charge in [0.15, 0.2) is 0 Å². The minimum absolute atomic E-state index is 0.105. The minimum atomic E-state index is -0.666. The number of nitrogen functional groups attached to an aromatic ring is 1. The van der Waals surface area contributed by atoms with Gasteiger partial charge in [0.2, 0.25) is 0 Å². The first-order valence-electron chi connectivity index (χ1n) is 4.81. The van der Waals surface area contributed by atoms with Crippen molar-refractivity contribution in [3.8, 4) is 0 Å². The number of carbonyl (C=O) groups excluding carboxylic acids is 2. The molecule has 17 heavy (non-hydrogen) atoms. The zero-order valence-electron chi connectivity index (χ0n) is 9.37. The van der Waals surface area contributed by atoms with Crippen LogP contribution >= 0.6 is 11.3 Å². The van der Waals surface area contributed by atoms with Crippen molar-refractivity contribution >= 4 is 33.8 Å². The van der Waals surface area contributed by atoms with Crippen molar-refractivity contribution in [3.63, 3.8) is 0 Å². The van der Waals surface area contributed by atoms with Crippen LogP contribution in [0.5, 0.6) is 0 Å². The Morgan fingerprint density at radius 1 is 1.53 bits per heavy atom. The molecule has 0 aliphatic rings. The molecule has 6 N–H and O–H groups in total. The van der Waals surface area contributed by atoms with Crippen molar-refractivity contribution in [1.82, 2.24) is 5.32 Å². The third kappa shape index (κ3) is 2.56. The topological polar surface area (TPSA) is 110 Å². The highest BCUT2D eigenvalue weighted by molar-refractivity contribution is 7.19. The second-order valence-electron chi connectivity index (χ2n) is 3.16. The van der Waals surface area contributed by atoms with Gasteiger partial charge in [0.1, 0.15) is 9.88 Å². The van der Waals surface area contributed by atoms with Crippen LogP contribution in [0.15, 0.2) is 12.7 Å². The maximum absolute atomic E-state index is 11.5. The molecular formula is C10H14N4O2S. The first-order chi connectivity index (χ1) is 8.02. The predicted octanol–water partition coefficient (Wildman–Crippen LogP) is 0.387. The number of anilines is 2. The van der Waals surface area contributed by atoms with Gasteiger partial charge < -0.3 is 22.1 Å². The standard InChI is InChI=1S/C10H14N4O2S/c1-3-4-14-10-5(8(12)15)6(11)7(17-10)9(16)13-2/h3,14H,1,4,11H2,2H3,(H2,12,15)(H,13,16). The smallest absolute Gasteiger partial charge is 0.263 e. The molecule has 0 atom stereocenters. The molecule has 1 rings (SSSR count). The number of thiophene rings is 1. The average Bonchev–Trinajstić information content (AvgIpc) is 2.62. The molecule has 2 amide bonds. The van der Waals surface area contributed by atoms with Crippen LogP contribution in [-0.2, 0) is 0 Å². The van der Waals surface area contributed by atoms with Crippen molar-refractivity contribution in [2.75, 3.05) is 24.6 Å². The number of amides is 2. The molecular weight excluding hydrogens is 240 g/mol. The van der Waals surface area contributed by atoms with Gasteiger partial charge in [0.25, 0.3) is 11.8 Å². The van der Waals surface area contributed by atoms with E-state index < -0.39 is 5.91 Å². The van der Waals surface area contributed by atoms with E-state index in [0.717, 1.165) is 11.3 Å². The maximum Gasteiger partial charge on any atom is 0.263 e. The summed E-state index contributed by atoms with van der Waals surface area (Å²) in [6.07, 6.45) is 1.63. The highest BCUT2D eigenvalue weighted by Gasteiger charge is 2.23. The molecule has 7 heteroatoms. The number of nitrogens with two attached hydrogens (primary N) is 2. The Morgan fingerprint density at radius 3 is 2.65 bits per heavy atom. The summed E-state index contributed by atoms with van der Waals surface area (Å²) >= 11 is 1.09. The van der Waals surface area contributed by atoms with Crippen molar-refractivity contribution in [2.24, 2.45) is 5.73 Å². The third-order valence-corrected chi connectivity index (χ3v) is 3.19. The van der Waals surface area contributed by atoms with Gasteiger partial charge in [-0.15, -0.1) is 17.9 Å². The quantitative estimate of drug-likeness (QED) is 0.569. The summed E-state index contributed by atoms with van der Waals surface area (Å²) in [5.74, 6) is -1.01. The van der Waals surface area contributed by atoms with Crippen LogP contribution in [0.3, 0.4) is 0 Å². The van der Waals surface area contributed by atoms with Gasteiger partial charge >= 0.3 is 0 Å². The molecule has 0 fully saturated rings. The molecule has 0 saturated heterocycles. The fourth-order valence-corrected chi connectivity index (χ4v) is 2.34. The molecule has 0 bridgehead atoms. The van der Waals surface area contributed by atoms with Crippen LogP contribution in [0.4, 0.5) is 10.7 Å². The second-order valence-corrected chi connectivity index (χ2v) is 4.18. The molecule has 1 aromatic rings.